The lowest BCUT2D eigenvalue weighted by Crippen LogP contribution is -2.39. The normalized spacial score (nSPS) is 16.2. The van der Waals surface area contributed by atoms with Gasteiger partial charge in [0.2, 0.25) is 0 Å². The molecule has 1 aliphatic heterocycles. The number of likely N-dealkylation sites (tertiary alicyclic amines) is 1. The molecule has 27 heavy (non-hydrogen) atoms. The van der Waals surface area contributed by atoms with Gasteiger partial charge in [0.15, 0.2) is 0 Å². The van der Waals surface area contributed by atoms with Gasteiger partial charge in [-0.15, -0.1) is 0 Å². The highest BCUT2D eigenvalue weighted by Gasteiger charge is 2.32. The van der Waals surface area contributed by atoms with E-state index in [1.165, 1.54) is 6.07 Å². The van der Waals surface area contributed by atoms with Crippen molar-refractivity contribution in [3.63, 3.8) is 0 Å². The van der Waals surface area contributed by atoms with E-state index in [2.05, 4.69) is 9.97 Å². The molecule has 1 aromatic carbocycles. The van der Waals surface area contributed by atoms with Gasteiger partial charge in [-0.1, -0.05) is 0 Å². The summed E-state index contributed by atoms with van der Waals surface area (Å²) < 4.78 is 40.8. The number of carbonyl (C=O) groups is 1. The number of piperidine rings is 1. The number of aromatic amines is 1. The second-order valence-electron chi connectivity index (χ2n) is 6.84. The Labute approximate surface area is 153 Å². The van der Waals surface area contributed by atoms with Crippen molar-refractivity contribution in [2.24, 2.45) is 0 Å². The molecule has 0 atom stereocenters. The van der Waals surface area contributed by atoms with Crippen molar-refractivity contribution < 1.29 is 18.0 Å². The molecule has 3 heterocycles. The molecule has 8 heteroatoms. The second kappa shape index (κ2) is 6.44. The number of nitrogens with one attached hydrogen (secondary N) is 1. The highest BCUT2D eigenvalue weighted by molar-refractivity contribution is 5.92. The van der Waals surface area contributed by atoms with E-state index in [1.54, 1.807) is 23.2 Å². The summed E-state index contributed by atoms with van der Waals surface area (Å²) in [5, 5.41) is 0. The molecule has 0 spiro atoms. The summed E-state index contributed by atoms with van der Waals surface area (Å²) in [5.74, 6) is 0.666. The highest BCUT2D eigenvalue weighted by Crippen LogP contribution is 2.34. The van der Waals surface area contributed by atoms with Crippen molar-refractivity contribution in [1.29, 1.82) is 0 Å². The zero-order valence-electron chi connectivity index (χ0n) is 14.8. The van der Waals surface area contributed by atoms with Crippen LogP contribution in [0.1, 0.15) is 40.8 Å². The molecule has 2 aromatic heterocycles. The number of amides is 1. The molecule has 0 bridgehead atoms. The Morgan fingerprint density at radius 2 is 1.96 bits per heavy atom. The van der Waals surface area contributed by atoms with Gasteiger partial charge in [0, 0.05) is 25.3 Å². The summed E-state index contributed by atoms with van der Waals surface area (Å²) in [6, 6.07) is 7.34. The quantitative estimate of drug-likeness (QED) is 0.730. The van der Waals surface area contributed by atoms with E-state index in [0.717, 1.165) is 25.0 Å². The van der Waals surface area contributed by atoms with Gasteiger partial charge < -0.3 is 14.5 Å². The molecule has 3 aromatic rings. The summed E-state index contributed by atoms with van der Waals surface area (Å²) in [6.07, 6.45) is -1.19. The number of rotatable bonds is 2. The average Bonchev–Trinajstić information content (AvgIpc) is 3.27. The van der Waals surface area contributed by atoms with E-state index < -0.39 is 11.7 Å². The first-order valence-corrected chi connectivity index (χ1v) is 8.83. The third kappa shape index (κ3) is 3.20. The van der Waals surface area contributed by atoms with E-state index in [0.29, 0.717) is 35.6 Å². The largest absolute Gasteiger partial charge is 0.416 e. The minimum Gasteiger partial charge on any atom is -0.357 e. The van der Waals surface area contributed by atoms with Crippen LogP contribution in [0.3, 0.4) is 0 Å². The fourth-order valence-electron chi connectivity index (χ4n) is 3.82. The maximum absolute atomic E-state index is 12.9. The van der Waals surface area contributed by atoms with E-state index >= 15 is 0 Å². The molecule has 1 N–H and O–H groups in total. The molecule has 5 nitrogen and oxygen atoms in total. The molecule has 0 radical (unpaired) electrons. The van der Waals surface area contributed by atoms with Gasteiger partial charge in [-0.2, -0.15) is 13.2 Å². The predicted octanol–water partition coefficient (Wildman–Crippen LogP) is 4.17. The summed E-state index contributed by atoms with van der Waals surface area (Å²) in [6.45, 7) is 3.01. The van der Waals surface area contributed by atoms with Crippen LogP contribution in [0.15, 0.2) is 36.5 Å². The number of halogens is 3. The predicted molar refractivity (Wildman–Crippen MR) is 94.4 cm³/mol. The zero-order valence-corrected chi connectivity index (χ0v) is 14.8. The van der Waals surface area contributed by atoms with Gasteiger partial charge in [0.05, 0.1) is 16.6 Å². The second-order valence-corrected chi connectivity index (χ2v) is 6.84. The van der Waals surface area contributed by atoms with Gasteiger partial charge in [-0.3, -0.25) is 4.79 Å². The first-order chi connectivity index (χ1) is 12.8. The maximum atomic E-state index is 12.9. The lowest BCUT2D eigenvalue weighted by molar-refractivity contribution is -0.137. The molecule has 1 fully saturated rings. The number of aryl methyl sites for hydroxylation is 1. The summed E-state index contributed by atoms with van der Waals surface area (Å²) in [4.78, 5) is 21.5. The Balaban J connectivity index is 1.55. The number of carbonyl (C=O) groups excluding carboxylic acids is 1. The van der Waals surface area contributed by atoms with E-state index in [9.17, 15) is 18.0 Å². The summed E-state index contributed by atoms with van der Waals surface area (Å²) in [5.41, 5.74) is 0.935. The lowest BCUT2D eigenvalue weighted by atomic mass is 10.0. The summed E-state index contributed by atoms with van der Waals surface area (Å²) >= 11 is 0. The van der Waals surface area contributed by atoms with Crippen LogP contribution in [0.2, 0.25) is 0 Å². The van der Waals surface area contributed by atoms with Crippen molar-refractivity contribution in [1.82, 2.24) is 19.4 Å². The zero-order chi connectivity index (χ0) is 19.2. The molecule has 1 saturated heterocycles. The first kappa shape index (κ1) is 17.6. The SMILES string of the molecule is Cc1nc2cc(C(F)(F)F)ccc2n1C1CCN(C(=O)c2ccc[nH]2)CC1. The van der Waals surface area contributed by atoms with Crippen molar-refractivity contribution in [2.75, 3.05) is 13.1 Å². The van der Waals surface area contributed by atoms with Crippen LogP contribution in [0.25, 0.3) is 11.0 Å². The van der Waals surface area contributed by atoms with Gasteiger partial charge >= 0.3 is 6.18 Å². The number of alkyl halides is 3. The van der Waals surface area contributed by atoms with Crippen molar-refractivity contribution in [3.05, 3.63) is 53.6 Å². The molecule has 4 rings (SSSR count). The third-order valence-corrected chi connectivity index (χ3v) is 5.14. The smallest absolute Gasteiger partial charge is 0.357 e. The van der Waals surface area contributed by atoms with Crippen molar-refractivity contribution in [3.8, 4) is 0 Å². The first-order valence-electron chi connectivity index (χ1n) is 8.83. The maximum Gasteiger partial charge on any atom is 0.416 e. The van der Waals surface area contributed by atoms with Gasteiger partial charge in [-0.05, 0) is 50.1 Å². The van der Waals surface area contributed by atoms with Crippen LogP contribution in [-0.2, 0) is 6.18 Å². The Kier molecular flexibility index (Phi) is 4.20. The topological polar surface area (TPSA) is 53.9 Å². The molecular formula is C19H19F3N4O. The van der Waals surface area contributed by atoms with Crippen molar-refractivity contribution >= 4 is 16.9 Å². The van der Waals surface area contributed by atoms with Crippen LogP contribution in [0.5, 0.6) is 0 Å². The van der Waals surface area contributed by atoms with Crippen LogP contribution in [0.4, 0.5) is 13.2 Å². The standard InChI is InChI=1S/C19H19F3N4O/c1-12-24-16-11-13(19(20,21)22)4-5-17(16)26(12)14-6-9-25(10-7-14)18(27)15-3-2-8-23-15/h2-5,8,11,14,23H,6-7,9-10H2,1H3. The number of benzene rings is 1. The number of aromatic nitrogens is 3. The van der Waals surface area contributed by atoms with Crippen molar-refractivity contribution in [2.45, 2.75) is 32.0 Å². The number of imidazole rings is 1. The van der Waals surface area contributed by atoms with Gasteiger partial charge in [0.25, 0.3) is 5.91 Å². The number of hydrogen-bond donors (Lipinski definition) is 1. The fourth-order valence-corrected chi connectivity index (χ4v) is 3.82. The van der Waals surface area contributed by atoms with E-state index in [-0.39, 0.29) is 11.9 Å². The Morgan fingerprint density at radius 1 is 1.22 bits per heavy atom. The monoisotopic (exact) mass is 376 g/mol. The molecule has 0 saturated carbocycles. The molecule has 0 aliphatic carbocycles. The average molecular weight is 376 g/mol. The number of hydrogen-bond acceptors (Lipinski definition) is 2. The third-order valence-electron chi connectivity index (χ3n) is 5.14. The summed E-state index contributed by atoms with van der Waals surface area (Å²) in [7, 11) is 0. The van der Waals surface area contributed by atoms with Gasteiger partial charge in [0.1, 0.15) is 11.5 Å². The van der Waals surface area contributed by atoms with E-state index in [4.69, 9.17) is 0 Å². The number of nitrogens with zero attached hydrogens (tertiary/aromatic N) is 3. The minimum atomic E-state index is -4.38. The Morgan fingerprint density at radius 3 is 2.59 bits per heavy atom. The number of H-pyrrole nitrogens is 1. The van der Waals surface area contributed by atoms with Crippen LogP contribution >= 0.6 is 0 Å². The molecule has 142 valence electrons. The van der Waals surface area contributed by atoms with E-state index in [1.807, 2.05) is 11.5 Å². The lowest BCUT2D eigenvalue weighted by Gasteiger charge is -2.33. The molecule has 0 unspecified atom stereocenters. The van der Waals surface area contributed by atoms with Gasteiger partial charge in [-0.25, -0.2) is 4.98 Å². The Hall–Kier alpha value is -2.77. The Bertz CT molecular complexity index is 967. The fraction of sp³-hybridized carbons (Fsp3) is 0.368. The van der Waals surface area contributed by atoms with Crippen LogP contribution < -0.4 is 0 Å². The molecular weight excluding hydrogens is 357 g/mol. The number of fused-ring (bicyclic) bond motifs is 1. The van der Waals surface area contributed by atoms with Crippen LogP contribution in [-0.4, -0.2) is 38.4 Å². The molecule has 1 amide bonds. The molecule has 1 aliphatic rings. The highest BCUT2D eigenvalue weighted by atomic mass is 19.4. The van der Waals surface area contributed by atoms with Crippen LogP contribution in [0, 0.1) is 6.92 Å². The minimum absolute atomic E-state index is 0.0273.